The highest BCUT2D eigenvalue weighted by Gasteiger charge is 2.24. The van der Waals surface area contributed by atoms with Crippen LogP contribution in [0.3, 0.4) is 0 Å². The maximum atomic E-state index is 13.2. The molecule has 0 saturated carbocycles. The van der Waals surface area contributed by atoms with Crippen LogP contribution in [0.15, 0.2) is 48.6 Å². The predicted octanol–water partition coefficient (Wildman–Crippen LogP) is 17.0. The van der Waals surface area contributed by atoms with E-state index >= 15 is 0 Å². The molecule has 0 rings (SSSR count). The largest absolute Gasteiger partial charge is 0.462 e. The quantitative estimate of drug-likeness (QED) is 0.0321. The molecule has 0 fully saturated rings. The number of aliphatic hydroxyl groups is 2. The van der Waals surface area contributed by atoms with Gasteiger partial charge >= 0.3 is 5.97 Å². The van der Waals surface area contributed by atoms with E-state index in [1.165, 1.54) is 167 Å². The Bertz CT molecular complexity index is 1100. The second-order valence-corrected chi connectivity index (χ2v) is 19.0. The molecule has 0 aliphatic rings. The van der Waals surface area contributed by atoms with Gasteiger partial charge in [-0.15, -0.1) is 0 Å². The van der Waals surface area contributed by atoms with Gasteiger partial charge in [0.25, 0.3) is 0 Å². The van der Waals surface area contributed by atoms with Crippen LogP contribution >= 0.6 is 0 Å². The summed E-state index contributed by atoms with van der Waals surface area (Å²) in [6.07, 6.45) is 63.2. The number of hydrogen-bond acceptors (Lipinski definition) is 5. The molecule has 0 aromatic rings. The first kappa shape index (κ1) is 61.8. The van der Waals surface area contributed by atoms with Crippen molar-refractivity contribution in [2.45, 2.75) is 302 Å². The number of rotatable bonds is 50. The van der Waals surface area contributed by atoms with Crippen LogP contribution in [0.4, 0.5) is 0 Å². The van der Waals surface area contributed by atoms with Crippen molar-refractivity contribution in [3.8, 4) is 0 Å². The Balaban J connectivity index is 4.60. The summed E-state index contributed by atoms with van der Waals surface area (Å²) in [5.41, 5.74) is 0. The number of unbranched alkanes of at least 4 members (excludes halogenated alkanes) is 30. The molecule has 0 aliphatic heterocycles. The predicted molar refractivity (Wildman–Crippen MR) is 278 cm³/mol. The van der Waals surface area contributed by atoms with E-state index in [0.717, 1.165) is 64.2 Å². The first-order valence-corrected chi connectivity index (χ1v) is 27.9. The van der Waals surface area contributed by atoms with Crippen LogP contribution in [0.25, 0.3) is 0 Å². The van der Waals surface area contributed by atoms with Crippen molar-refractivity contribution in [2.75, 3.05) is 6.61 Å². The highest BCUT2D eigenvalue weighted by Crippen LogP contribution is 2.18. The van der Waals surface area contributed by atoms with E-state index in [1.807, 2.05) is 0 Å². The molecule has 3 atom stereocenters. The summed E-state index contributed by atoms with van der Waals surface area (Å²) in [5.74, 6) is -0.529. The van der Waals surface area contributed by atoms with Crippen LogP contribution in [0.1, 0.15) is 284 Å². The number of ether oxygens (including phenoxy) is 1. The number of hydrogen-bond donors (Lipinski definition) is 3. The molecule has 0 spiro atoms. The molecule has 6 heteroatoms. The lowest BCUT2D eigenvalue weighted by molar-refractivity contribution is -0.151. The SMILES string of the molecule is CCCCC/C=C\C/C=C\C/C=C\C/C=C\CCCC(=O)OC(CCCCCCCCCCCCCCC)CC(=O)NC(CO)C(O)CCCCCCCCCCCCCCCCC. The van der Waals surface area contributed by atoms with Crippen molar-refractivity contribution < 1.29 is 24.5 Å². The molecule has 3 N–H and O–H groups in total. The molecule has 0 saturated heterocycles. The number of aliphatic hydroxyl groups excluding tert-OH is 2. The monoisotopic (exact) mass is 898 g/mol. The number of amides is 1. The number of carbonyl (C=O) groups is 2. The van der Waals surface area contributed by atoms with Gasteiger partial charge in [-0.25, -0.2) is 0 Å². The number of allylic oxidation sites excluding steroid dienone is 8. The molecule has 0 aliphatic carbocycles. The van der Waals surface area contributed by atoms with E-state index < -0.39 is 18.2 Å². The van der Waals surface area contributed by atoms with Crippen molar-refractivity contribution in [1.82, 2.24) is 5.32 Å². The third-order valence-electron chi connectivity index (χ3n) is 12.7. The minimum atomic E-state index is -0.796. The molecule has 3 unspecified atom stereocenters. The molecule has 374 valence electrons. The fourth-order valence-electron chi connectivity index (χ4n) is 8.42. The third-order valence-corrected chi connectivity index (χ3v) is 12.7. The van der Waals surface area contributed by atoms with Gasteiger partial charge in [-0.3, -0.25) is 9.59 Å². The van der Waals surface area contributed by atoms with E-state index in [9.17, 15) is 19.8 Å². The van der Waals surface area contributed by atoms with Crippen molar-refractivity contribution in [2.24, 2.45) is 0 Å². The number of nitrogens with one attached hydrogen (secondary N) is 1. The average molecular weight is 898 g/mol. The van der Waals surface area contributed by atoms with Gasteiger partial charge in [0.05, 0.1) is 25.2 Å². The molecule has 0 bridgehead atoms. The van der Waals surface area contributed by atoms with Crippen molar-refractivity contribution >= 4 is 11.9 Å². The van der Waals surface area contributed by atoms with Gasteiger partial charge in [-0.1, -0.05) is 256 Å². The lowest BCUT2D eigenvalue weighted by Crippen LogP contribution is -2.46. The Morgan fingerprint density at radius 3 is 1.20 bits per heavy atom. The van der Waals surface area contributed by atoms with Crippen LogP contribution in [-0.2, 0) is 14.3 Å². The summed E-state index contributed by atoms with van der Waals surface area (Å²) >= 11 is 0. The molecule has 0 aromatic heterocycles. The molecule has 1 amide bonds. The highest BCUT2D eigenvalue weighted by molar-refractivity contribution is 5.77. The van der Waals surface area contributed by atoms with E-state index in [-0.39, 0.29) is 24.9 Å². The van der Waals surface area contributed by atoms with Gasteiger partial charge in [0, 0.05) is 6.42 Å². The van der Waals surface area contributed by atoms with Crippen molar-refractivity contribution in [3.63, 3.8) is 0 Å². The zero-order chi connectivity index (χ0) is 46.7. The molecule has 6 nitrogen and oxygen atoms in total. The molecule has 0 heterocycles. The maximum absolute atomic E-state index is 13.2. The summed E-state index contributed by atoms with van der Waals surface area (Å²) in [5, 5.41) is 23.8. The molecule has 64 heavy (non-hydrogen) atoms. The fourth-order valence-corrected chi connectivity index (χ4v) is 8.42. The summed E-state index contributed by atoms with van der Waals surface area (Å²) in [6, 6.07) is -0.711. The topological polar surface area (TPSA) is 95.9 Å². The first-order chi connectivity index (χ1) is 31.5. The Morgan fingerprint density at radius 1 is 0.453 bits per heavy atom. The van der Waals surface area contributed by atoms with Crippen LogP contribution in [0.5, 0.6) is 0 Å². The van der Waals surface area contributed by atoms with E-state index in [2.05, 4.69) is 74.7 Å². The van der Waals surface area contributed by atoms with Crippen LogP contribution in [0, 0.1) is 0 Å². The summed E-state index contributed by atoms with van der Waals surface area (Å²) in [7, 11) is 0. The minimum Gasteiger partial charge on any atom is -0.462 e. The molecule has 0 radical (unpaired) electrons. The minimum absolute atomic E-state index is 0.0589. The van der Waals surface area contributed by atoms with Crippen molar-refractivity contribution in [3.05, 3.63) is 48.6 Å². The van der Waals surface area contributed by atoms with E-state index in [1.54, 1.807) is 0 Å². The van der Waals surface area contributed by atoms with Gasteiger partial charge in [0.1, 0.15) is 6.10 Å². The highest BCUT2D eigenvalue weighted by atomic mass is 16.5. The molecular weight excluding hydrogens is 791 g/mol. The van der Waals surface area contributed by atoms with Crippen LogP contribution in [-0.4, -0.2) is 46.9 Å². The second kappa shape index (κ2) is 51.8. The summed E-state index contributed by atoms with van der Waals surface area (Å²) in [4.78, 5) is 26.2. The normalized spacial score (nSPS) is 13.5. The van der Waals surface area contributed by atoms with Crippen molar-refractivity contribution in [1.29, 1.82) is 0 Å². The lowest BCUT2D eigenvalue weighted by Gasteiger charge is -2.24. The third kappa shape index (κ3) is 46.4. The lowest BCUT2D eigenvalue weighted by atomic mass is 10.0. The molecular formula is C58H107NO5. The van der Waals surface area contributed by atoms with Gasteiger partial charge in [0.2, 0.25) is 5.91 Å². The van der Waals surface area contributed by atoms with Gasteiger partial charge in [-0.05, 0) is 64.2 Å². The van der Waals surface area contributed by atoms with E-state index in [4.69, 9.17) is 4.74 Å². The number of esters is 1. The zero-order valence-electron chi connectivity index (χ0n) is 42.7. The van der Waals surface area contributed by atoms with Gasteiger partial charge in [-0.2, -0.15) is 0 Å². The van der Waals surface area contributed by atoms with Crippen LogP contribution < -0.4 is 5.32 Å². The number of carbonyl (C=O) groups excluding carboxylic acids is 2. The fraction of sp³-hybridized carbons (Fsp3) is 0.828. The Labute approximate surface area is 397 Å². The smallest absolute Gasteiger partial charge is 0.306 e. The van der Waals surface area contributed by atoms with Gasteiger partial charge < -0.3 is 20.3 Å². The Hall–Kier alpha value is -2.18. The second-order valence-electron chi connectivity index (χ2n) is 19.0. The summed E-state index contributed by atoms with van der Waals surface area (Å²) in [6.45, 7) is 6.47. The first-order valence-electron chi connectivity index (χ1n) is 27.9. The standard InChI is InChI=1S/C58H107NO5/c1-4-7-10-13-16-19-22-25-27-28-30-33-36-39-42-45-48-51-58(63)64-54(49-46-43-40-37-34-31-24-21-18-15-12-9-6-3)52-57(62)59-55(53-60)56(61)50-47-44-41-38-35-32-29-26-23-20-17-14-11-8-5-2/h16,19,25,27,30,33,39,42,54-56,60-61H,4-15,17-18,20-24,26,28-29,31-32,34-38,40-41,43-53H2,1-3H3,(H,59,62)/b19-16-,27-25-,33-30-,42-39-. The maximum Gasteiger partial charge on any atom is 0.306 e. The van der Waals surface area contributed by atoms with Crippen LogP contribution in [0.2, 0.25) is 0 Å². The average Bonchev–Trinajstić information content (AvgIpc) is 3.29. The Morgan fingerprint density at radius 2 is 0.797 bits per heavy atom. The van der Waals surface area contributed by atoms with Gasteiger partial charge in [0.15, 0.2) is 0 Å². The Kier molecular flexibility index (Phi) is 50.0. The van der Waals surface area contributed by atoms with E-state index in [0.29, 0.717) is 25.7 Å². The zero-order valence-corrected chi connectivity index (χ0v) is 42.7. The summed E-state index contributed by atoms with van der Waals surface area (Å²) < 4.78 is 5.92. The molecule has 0 aromatic carbocycles.